The summed E-state index contributed by atoms with van der Waals surface area (Å²) in [6, 6.07) is 10.7. The second kappa shape index (κ2) is 7.56. The number of aromatic hydroxyl groups is 1. The molecule has 7 heteroatoms. The SMILES string of the molecule is C[C@@H](C(=O)N1CCOc2c(O)cc(-c3cccc(Cl)c3)cc2C1)n1ccnc1. The van der Waals surface area contributed by atoms with E-state index in [4.69, 9.17) is 16.3 Å². The van der Waals surface area contributed by atoms with Gasteiger partial charge < -0.3 is 19.3 Å². The van der Waals surface area contributed by atoms with E-state index in [0.717, 1.165) is 16.7 Å². The lowest BCUT2D eigenvalue weighted by atomic mass is 10.0. The molecular formula is C21H20ClN3O3. The van der Waals surface area contributed by atoms with E-state index >= 15 is 0 Å². The number of hydrogen-bond acceptors (Lipinski definition) is 4. The Hall–Kier alpha value is -2.99. The summed E-state index contributed by atoms with van der Waals surface area (Å²) >= 11 is 6.10. The molecule has 1 atom stereocenters. The van der Waals surface area contributed by atoms with Gasteiger partial charge in [0, 0.05) is 29.5 Å². The predicted octanol–water partition coefficient (Wildman–Crippen LogP) is 3.89. The van der Waals surface area contributed by atoms with Gasteiger partial charge >= 0.3 is 0 Å². The Labute approximate surface area is 168 Å². The summed E-state index contributed by atoms with van der Waals surface area (Å²) in [5.41, 5.74) is 2.47. The molecule has 2 heterocycles. The molecule has 3 aromatic rings. The minimum atomic E-state index is -0.367. The molecule has 0 fully saturated rings. The van der Waals surface area contributed by atoms with Crippen molar-refractivity contribution in [2.24, 2.45) is 0 Å². The van der Waals surface area contributed by atoms with E-state index in [1.807, 2.05) is 31.2 Å². The number of ether oxygens (including phenoxy) is 1. The Morgan fingerprint density at radius 1 is 1.29 bits per heavy atom. The van der Waals surface area contributed by atoms with Crippen molar-refractivity contribution in [2.75, 3.05) is 13.2 Å². The lowest BCUT2D eigenvalue weighted by Crippen LogP contribution is -2.37. The van der Waals surface area contributed by atoms with Crippen molar-refractivity contribution in [2.45, 2.75) is 19.5 Å². The molecule has 1 N–H and O–H groups in total. The lowest BCUT2D eigenvalue weighted by molar-refractivity contribution is -0.135. The maximum atomic E-state index is 13.0. The fraction of sp³-hybridized carbons (Fsp3) is 0.238. The summed E-state index contributed by atoms with van der Waals surface area (Å²) in [7, 11) is 0. The zero-order chi connectivity index (χ0) is 19.7. The van der Waals surface area contributed by atoms with Crippen LogP contribution in [0, 0.1) is 0 Å². The number of imidazole rings is 1. The van der Waals surface area contributed by atoms with E-state index in [9.17, 15) is 9.90 Å². The molecule has 1 amide bonds. The molecule has 0 saturated carbocycles. The van der Waals surface area contributed by atoms with Crippen molar-refractivity contribution in [3.05, 3.63) is 65.7 Å². The molecule has 0 radical (unpaired) electrons. The molecule has 1 aliphatic rings. The fourth-order valence-electron chi connectivity index (χ4n) is 3.41. The molecule has 4 rings (SSSR count). The summed E-state index contributed by atoms with van der Waals surface area (Å²) in [4.78, 5) is 18.7. The number of aromatic nitrogens is 2. The van der Waals surface area contributed by atoms with Crippen LogP contribution in [0.2, 0.25) is 5.02 Å². The third-order valence-electron chi connectivity index (χ3n) is 4.91. The molecular weight excluding hydrogens is 378 g/mol. The summed E-state index contributed by atoms with van der Waals surface area (Å²) in [6.45, 7) is 2.96. The fourth-order valence-corrected chi connectivity index (χ4v) is 3.60. The Bertz CT molecular complexity index is 1000. The second-order valence-corrected chi connectivity index (χ2v) is 7.22. The van der Waals surface area contributed by atoms with Gasteiger partial charge in [0.2, 0.25) is 5.91 Å². The van der Waals surface area contributed by atoms with Gasteiger partial charge in [0.1, 0.15) is 12.6 Å². The number of phenolic OH excluding ortho intramolecular Hbond substituents is 1. The topological polar surface area (TPSA) is 67.6 Å². The quantitative estimate of drug-likeness (QED) is 0.728. The van der Waals surface area contributed by atoms with E-state index in [-0.39, 0.29) is 17.7 Å². The van der Waals surface area contributed by atoms with Gasteiger partial charge in [0.05, 0.1) is 12.9 Å². The summed E-state index contributed by atoms with van der Waals surface area (Å²) in [6.07, 6.45) is 5.06. The number of nitrogens with zero attached hydrogens (tertiary/aromatic N) is 3. The van der Waals surface area contributed by atoms with Crippen LogP contribution < -0.4 is 4.74 Å². The first kappa shape index (κ1) is 18.4. The van der Waals surface area contributed by atoms with Crippen molar-refractivity contribution in [1.82, 2.24) is 14.5 Å². The Kier molecular flexibility index (Phi) is 4.96. The van der Waals surface area contributed by atoms with Crippen molar-refractivity contribution < 1.29 is 14.6 Å². The van der Waals surface area contributed by atoms with E-state index in [2.05, 4.69) is 4.98 Å². The van der Waals surface area contributed by atoms with Crippen LogP contribution in [0.4, 0.5) is 0 Å². The molecule has 0 spiro atoms. The molecule has 6 nitrogen and oxygen atoms in total. The van der Waals surface area contributed by atoms with Gasteiger partial charge in [0.15, 0.2) is 11.5 Å². The van der Waals surface area contributed by atoms with E-state index in [0.29, 0.717) is 30.5 Å². The van der Waals surface area contributed by atoms with Crippen LogP contribution >= 0.6 is 11.6 Å². The van der Waals surface area contributed by atoms with E-state index in [1.54, 1.807) is 40.3 Å². The van der Waals surface area contributed by atoms with Crippen molar-refractivity contribution in [3.8, 4) is 22.6 Å². The Morgan fingerprint density at radius 3 is 2.89 bits per heavy atom. The highest BCUT2D eigenvalue weighted by Crippen LogP contribution is 2.38. The average molecular weight is 398 g/mol. The third-order valence-corrected chi connectivity index (χ3v) is 5.15. The smallest absolute Gasteiger partial charge is 0.245 e. The van der Waals surface area contributed by atoms with Crippen molar-refractivity contribution >= 4 is 17.5 Å². The summed E-state index contributed by atoms with van der Waals surface area (Å²) in [5, 5.41) is 11.1. The van der Waals surface area contributed by atoms with Crippen LogP contribution in [0.25, 0.3) is 11.1 Å². The van der Waals surface area contributed by atoms with E-state index in [1.165, 1.54) is 0 Å². The second-order valence-electron chi connectivity index (χ2n) is 6.79. The highest BCUT2D eigenvalue weighted by atomic mass is 35.5. The standard InChI is InChI=1S/C21H20ClN3O3/c1-14(25-6-5-23-13-25)21(27)24-7-8-28-20-17(12-24)9-16(11-19(20)26)15-3-2-4-18(22)10-15/h2-6,9-11,13-14,26H,7-8,12H2,1H3/t14-/m0/s1. The molecule has 1 aromatic heterocycles. The Morgan fingerprint density at radius 2 is 2.14 bits per heavy atom. The zero-order valence-electron chi connectivity index (χ0n) is 15.4. The van der Waals surface area contributed by atoms with Crippen LogP contribution in [0.1, 0.15) is 18.5 Å². The molecule has 144 valence electrons. The van der Waals surface area contributed by atoms with Gasteiger partial charge in [-0.1, -0.05) is 23.7 Å². The first-order chi connectivity index (χ1) is 13.5. The van der Waals surface area contributed by atoms with E-state index < -0.39 is 0 Å². The van der Waals surface area contributed by atoms with Crippen LogP contribution in [-0.4, -0.2) is 38.6 Å². The summed E-state index contributed by atoms with van der Waals surface area (Å²) in [5.74, 6) is 0.461. The van der Waals surface area contributed by atoms with Crippen molar-refractivity contribution in [3.63, 3.8) is 0 Å². The largest absolute Gasteiger partial charge is 0.504 e. The van der Waals surface area contributed by atoms with Crippen LogP contribution in [0.15, 0.2) is 55.1 Å². The third kappa shape index (κ3) is 3.55. The number of rotatable bonds is 3. The number of fused-ring (bicyclic) bond motifs is 1. The summed E-state index contributed by atoms with van der Waals surface area (Å²) < 4.78 is 7.53. The highest BCUT2D eigenvalue weighted by Gasteiger charge is 2.26. The average Bonchev–Trinajstić information content (AvgIpc) is 3.13. The van der Waals surface area contributed by atoms with Gasteiger partial charge in [-0.05, 0) is 42.3 Å². The molecule has 0 unspecified atom stereocenters. The number of amides is 1. The minimum Gasteiger partial charge on any atom is -0.504 e. The van der Waals surface area contributed by atoms with Crippen molar-refractivity contribution in [1.29, 1.82) is 0 Å². The molecule has 2 aromatic carbocycles. The van der Waals surface area contributed by atoms with Gasteiger partial charge in [-0.25, -0.2) is 4.98 Å². The number of hydrogen-bond donors (Lipinski definition) is 1. The zero-order valence-corrected chi connectivity index (χ0v) is 16.1. The number of carbonyl (C=O) groups is 1. The predicted molar refractivity (Wildman–Crippen MR) is 106 cm³/mol. The molecule has 1 aliphatic heterocycles. The number of benzene rings is 2. The van der Waals surface area contributed by atoms with Crippen LogP contribution in [0.3, 0.4) is 0 Å². The lowest BCUT2D eigenvalue weighted by Gasteiger charge is -2.24. The van der Waals surface area contributed by atoms with Gasteiger partial charge in [-0.3, -0.25) is 4.79 Å². The first-order valence-corrected chi connectivity index (χ1v) is 9.41. The molecule has 0 bridgehead atoms. The number of carbonyl (C=O) groups excluding carboxylic acids is 1. The maximum absolute atomic E-state index is 13.0. The monoisotopic (exact) mass is 397 g/mol. The maximum Gasteiger partial charge on any atom is 0.245 e. The molecule has 0 aliphatic carbocycles. The van der Waals surface area contributed by atoms with Gasteiger partial charge in [0.25, 0.3) is 0 Å². The van der Waals surface area contributed by atoms with Gasteiger partial charge in [-0.15, -0.1) is 0 Å². The van der Waals surface area contributed by atoms with Crippen LogP contribution in [0.5, 0.6) is 11.5 Å². The highest BCUT2D eigenvalue weighted by molar-refractivity contribution is 6.30. The molecule has 28 heavy (non-hydrogen) atoms. The number of phenols is 1. The normalized spacial score (nSPS) is 14.7. The van der Waals surface area contributed by atoms with Crippen LogP contribution in [-0.2, 0) is 11.3 Å². The Balaban J connectivity index is 1.66. The molecule has 0 saturated heterocycles. The minimum absolute atomic E-state index is 0.0258. The number of halogens is 1. The first-order valence-electron chi connectivity index (χ1n) is 9.04. The van der Waals surface area contributed by atoms with Gasteiger partial charge in [-0.2, -0.15) is 0 Å².